The van der Waals surface area contributed by atoms with E-state index in [4.69, 9.17) is 4.74 Å². The van der Waals surface area contributed by atoms with Gasteiger partial charge in [-0.2, -0.15) is 5.26 Å². The first-order chi connectivity index (χ1) is 12.7. The van der Waals surface area contributed by atoms with E-state index < -0.39 is 5.91 Å². The van der Waals surface area contributed by atoms with Crippen molar-refractivity contribution in [1.29, 1.82) is 5.26 Å². The van der Waals surface area contributed by atoms with Gasteiger partial charge in [0.2, 0.25) is 5.13 Å². The van der Waals surface area contributed by atoms with Crippen molar-refractivity contribution < 1.29 is 9.53 Å². The number of aromatic nitrogens is 3. The molecule has 0 fully saturated rings. The predicted octanol–water partition coefficient (Wildman–Crippen LogP) is 3.27. The van der Waals surface area contributed by atoms with Crippen LogP contribution in [0.3, 0.4) is 0 Å². The Morgan fingerprint density at radius 3 is 2.85 bits per heavy atom. The van der Waals surface area contributed by atoms with E-state index in [-0.39, 0.29) is 5.57 Å². The molecular formula is C18H15N5O2S. The van der Waals surface area contributed by atoms with Crippen LogP contribution in [0.1, 0.15) is 12.6 Å². The highest BCUT2D eigenvalue weighted by molar-refractivity contribution is 7.13. The van der Waals surface area contributed by atoms with E-state index >= 15 is 0 Å². The van der Waals surface area contributed by atoms with E-state index in [0.717, 1.165) is 11.4 Å². The van der Waals surface area contributed by atoms with Crippen molar-refractivity contribution in [2.75, 3.05) is 11.9 Å². The van der Waals surface area contributed by atoms with Gasteiger partial charge in [-0.05, 0) is 49.4 Å². The van der Waals surface area contributed by atoms with Gasteiger partial charge in [-0.1, -0.05) is 11.3 Å². The fourth-order valence-corrected chi connectivity index (χ4v) is 2.74. The molecule has 0 aliphatic rings. The summed E-state index contributed by atoms with van der Waals surface area (Å²) in [6, 6.07) is 13.2. The number of nitrogens with one attached hydrogen (secondary N) is 1. The van der Waals surface area contributed by atoms with Crippen LogP contribution < -0.4 is 10.1 Å². The molecule has 0 aliphatic carbocycles. The normalized spacial score (nSPS) is 11.0. The standard InChI is InChI=1S/C18H15N5O2S/c1-2-25-16-7-5-14(6-8-16)23-9-3-4-15(23)10-13(11-19)17(24)21-18-22-20-12-26-18/h3-10,12H,2H2,1H3,(H,21,22,24)/b13-10-. The number of anilines is 1. The molecule has 3 aromatic rings. The van der Waals surface area contributed by atoms with Crippen LogP contribution in [0.15, 0.2) is 53.7 Å². The summed E-state index contributed by atoms with van der Waals surface area (Å²) in [6.07, 6.45) is 3.39. The lowest BCUT2D eigenvalue weighted by Gasteiger charge is -2.09. The molecular weight excluding hydrogens is 350 g/mol. The van der Waals surface area contributed by atoms with Crippen LogP contribution in [0.5, 0.6) is 5.75 Å². The molecule has 0 atom stereocenters. The molecule has 26 heavy (non-hydrogen) atoms. The summed E-state index contributed by atoms with van der Waals surface area (Å²) in [7, 11) is 0. The highest BCUT2D eigenvalue weighted by Crippen LogP contribution is 2.19. The number of hydrogen-bond donors (Lipinski definition) is 1. The Morgan fingerprint density at radius 1 is 1.38 bits per heavy atom. The Labute approximate surface area is 154 Å². The zero-order chi connectivity index (χ0) is 18.4. The number of benzene rings is 1. The Balaban J connectivity index is 1.85. The molecule has 0 saturated carbocycles. The minimum absolute atomic E-state index is 0.0221. The van der Waals surface area contributed by atoms with Crippen LogP contribution in [0.25, 0.3) is 11.8 Å². The van der Waals surface area contributed by atoms with E-state index in [9.17, 15) is 10.1 Å². The van der Waals surface area contributed by atoms with Crippen LogP contribution in [0.4, 0.5) is 5.13 Å². The lowest BCUT2D eigenvalue weighted by atomic mass is 10.2. The van der Waals surface area contributed by atoms with Crippen molar-refractivity contribution in [2.24, 2.45) is 0 Å². The molecule has 7 nitrogen and oxygen atoms in total. The van der Waals surface area contributed by atoms with Gasteiger partial charge in [-0.3, -0.25) is 10.1 Å². The van der Waals surface area contributed by atoms with Crippen LogP contribution in [0.2, 0.25) is 0 Å². The molecule has 8 heteroatoms. The zero-order valence-corrected chi connectivity index (χ0v) is 14.7. The van der Waals surface area contributed by atoms with E-state index in [1.807, 2.05) is 60.2 Å². The van der Waals surface area contributed by atoms with Crippen molar-refractivity contribution in [3.8, 4) is 17.5 Å². The summed E-state index contributed by atoms with van der Waals surface area (Å²) >= 11 is 1.18. The average molecular weight is 365 g/mol. The molecule has 0 radical (unpaired) electrons. The number of hydrogen-bond acceptors (Lipinski definition) is 6. The fourth-order valence-electron chi connectivity index (χ4n) is 2.30. The second kappa shape index (κ2) is 8.09. The highest BCUT2D eigenvalue weighted by Gasteiger charge is 2.12. The number of amides is 1. The smallest absolute Gasteiger partial charge is 0.268 e. The second-order valence-electron chi connectivity index (χ2n) is 5.10. The Morgan fingerprint density at radius 2 is 2.19 bits per heavy atom. The van der Waals surface area contributed by atoms with Gasteiger partial charge in [0.05, 0.1) is 6.61 Å². The van der Waals surface area contributed by atoms with Gasteiger partial charge in [0.1, 0.15) is 22.9 Å². The molecule has 0 saturated heterocycles. The molecule has 0 unspecified atom stereocenters. The maximum absolute atomic E-state index is 12.2. The Bertz CT molecular complexity index is 952. The molecule has 0 spiro atoms. The first-order valence-electron chi connectivity index (χ1n) is 7.81. The minimum atomic E-state index is -0.524. The monoisotopic (exact) mass is 365 g/mol. The molecule has 2 aromatic heterocycles. The summed E-state index contributed by atoms with van der Waals surface area (Å²) < 4.78 is 7.32. The molecule has 2 heterocycles. The summed E-state index contributed by atoms with van der Waals surface area (Å²) in [6.45, 7) is 2.53. The third-order valence-corrected chi connectivity index (χ3v) is 4.05. The lowest BCUT2D eigenvalue weighted by molar-refractivity contribution is -0.112. The van der Waals surface area contributed by atoms with Gasteiger partial charge < -0.3 is 9.30 Å². The van der Waals surface area contributed by atoms with Crippen molar-refractivity contribution in [3.63, 3.8) is 0 Å². The number of ether oxygens (including phenoxy) is 1. The summed E-state index contributed by atoms with van der Waals surface area (Å²) in [5, 5.41) is 19.6. The molecule has 0 bridgehead atoms. The van der Waals surface area contributed by atoms with Crippen molar-refractivity contribution in [2.45, 2.75) is 6.92 Å². The molecule has 130 valence electrons. The number of nitriles is 1. The minimum Gasteiger partial charge on any atom is -0.494 e. The maximum Gasteiger partial charge on any atom is 0.268 e. The van der Waals surface area contributed by atoms with Gasteiger partial charge in [-0.15, -0.1) is 10.2 Å². The summed E-state index contributed by atoms with van der Waals surface area (Å²) in [4.78, 5) is 12.2. The molecule has 0 aliphatic heterocycles. The SMILES string of the molecule is CCOc1ccc(-n2cccc2/C=C(/C#N)C(=O)Nc2nncs2)cc1. The first kappa shape index (κ1) is 17.4. The second-order valence-corrected chi connectivity index (χ2v) is 5.93. The number of nitrogens with zero attached hydrogens (tertiary/aromatic N) is 4. The van der Waals surface area contributed by atoms with Gasteiger partial charge in [-0.25, -0.2) is 0 Å². The lowest BCUT2D eigenvalue weighted by Crippen LogP contribution is -2.13. The van der Waals surface area contributed by atoms with Gasteiger partial charge in [0.15, 0.2) is 0 Å². The number of carbonyl (C=O) groups excluding carboxylic acids is 1. The Kier molecular flexibility index (Phi) is 5.41. The van der Waals surface area contributed by atoms with E-state index in [1.165, 1.54) is 22.9 Å². The topological polar surface area (TPSA) is 92.8 Å². The third kappa shape index (κ3) is 3.96. The maximum atomic E-state index is 12.2. The van der Waals surface area contributed by atoms with Crippen LogP contribution >= 0.6 is 11.3 Å². The van der Waals surface area contributed by atoms with Gasteiger partial charge in [0, 0.05) is 17.6 Å². The zero-order valence-electron chi connectivity index (χ0n) is 13.9. The molecule has 1 amide bonds. The third-order valence-electron chi connectivity index (χ3n) is 3.44. The molecule has 1 aromatic carbocycles. The highest BCUT2D eigenvalue weighted by atomic mass is 32.1. The number of carbonyl (C=O) groups is 1. The van der Waals surface area contributed by atoms with Crippen molar-refractivity contribution >= 4 is 28.5 Å². The summed E-state index contributed by atoms with van der Waals surface area (Å²) in [5.74, 6) is 0.262. The van der Waals surface area contributed by atoms with Crippen molar-refractivity contribution in [3.05, 3.63) is 59.4 Å². The average Bonchev–Trinajstić information content (AvgIpc) is 3.32. The van der Waals surface area contributed by atoms with Gasteiger partial charge in [0.25, 0.3) is 5.91 Å². The van der Waals surface area contributed by atoms with E-state index in [2.05, 4.69) is 15.5 Å². The van der Waals surface area contributed by atoms with Gasteiger partial charge >= 0.3 is 0 Å². The summed E-state index contributed by atoms with van der Waals surface area (Å²) in [5.41, 5.74) is 3.08. The number of rotatable bonds is 6. The van der Waals surface area contributed by atoms with E-state index in [1.54, 1.807) is 0 Å². The Hall–Kier alpha value is -3.44. The van der Waals surface area contributed by atoms with Crippen LogP contribution in [0, 0.1) is 11.3 Å². The molecule has 1 N–H and O–H groups in total. The van der Waals surface area contributed by atoms with Crippen LogP contribution in [-0.2, 0) is 4.79 Å². The van der Waals surface area contributed by atoms with E-state index in [0.29, 0.717) is 17.4 Å². The predicted molar refractivity (Wildman–Crippen MR) is 99.1 cm³/mol. The quantitative estimate of drug-likeness (QED) is 0.534. The largest absolute Gasteiger partial charge is 0.494 e. The van der Waals surface area contributed by atoms with Crippen LogP contribution in [-0.4, -0.2) is 27.3 Å². The van der Waals surface area contributed by atoms with Crippen molar-refractivity contribution in [1.82, 2.24) is 14.8 Å². The molecule has 3 rings (SSSR count). The fraction of sp³-hybridized carbons (Fsp3) is 0.111. The first-order valence-corrected chi connectivity index (χ1v) is 8.69.